The lowest BCUT2D eigenvalue weighted by atomic mass is 10.1. The molecule has 0 aliphatic rings. The number of hydrogen-bond donors (Lipinski definition) is 1. The molecule has 4 rings (SSSR count). The van der Waals surface area contributed by atoms with Crippen LogP contribution in [-0.4, -0.2) is 25.4 Å². The van der Waals surface area contributed by atoms with Crippen molar-refractivity contribution >= 4 is 55.9 Å². The summed E-state index contributed by atoms with van der Waals surface area (Å²) < 4.78 is 17.4. The van der Waals surface area contributed by atoms with Crippen molar-refractivity contribution in [2.24, 2.45) is 0 Å². The average molecular weight is 543 g/mol. The molecule has 0 radical (unpaired) electrons. The number of furan rings is 1. The lowest BCUT2D eigenvalue weighted by Gasteiger charge is -2.11. The normalized spacial score (nSPS) is 10.9. The molecule has 0 saturated heterocycles. The van der Waals surface area contributed by atoms with Gasteiger partial charge in [-0.25, -0.2) is 0 Å². The maximum absolute atomic E-state index is 13.3. The Labute approximate surface area is 209 Å². The van der Waals surface area contributed by atoms with E-state index in [4.69, 9.17) is 25.5 Å². The van der Waals surface area contributed by atoms with Gasteiger partial charge >= 0.3 is 0 Å². The second-order valence-corrected chi connectivity index (χ2v) is 8.92. The Hall–Kier alpha value is -3.29. The molecule has 3 aromatic carbocycles. The number of rotatable bonds is 7. The van der Waals surface area contributed by atoms with E-state index in [0.29, 0.717) is 43.2 Å². The highest BCUT2D eigenvalue weighted by molar-refractivity contribution is 9.10. The molecule has 1 heterocycles. The van der Waals surface area contributed by atoms with Crippen LogP contribution >= 0.6 is 27.5 Å². The van der Waals surface area contributed by atoms with Crippen LogP contribution in [0.2, 0.25) is 5.02 Å². The second kappa shape index (κ2) is 9.91. The SMILES string of the molecule is COc1ccc(C(=O)c2oc3ccccc3c2NC(=O)COc2cc(C)c(Cl)c(C)c2)cc1Br. The van der Waals surface area contributed by atoms with Crippen molar-refractivity contribution in [2.45, 2.75) is 13.8 Å². The van der Waals surface area contributed by atoms with Gasteiger partial charge in [0, 0.05) is 16.0 Å². The summed E-state index contributed by atoms with van der Waals surface area (Å²) in [6, 6.07) is 15.6. The predicted octanol–water partition coefficient (Wildman–Crippen LogP) is 6.72. The van der Waals surface area contributed by atoms with E-state index in [1.165, 1.54) is 0 Å². The Bertz CT molecular complexity index is 1390. The van der Waals surface area contributed by atoms with Crippen LogP contribution in [0.3, 0.4) is 0 Å². The maximum atomic E-state index is 13.3. The fraction of sp³-hybridized carbons (Fsp3) is 0.154. The van der Waals surface area contributed by atoms with Gasteiger partial charge in [-0.2, -0.15) is 0 Å². The van der Waals surface area contributed by atoms with Crippen LogP contribution in [-0.2, 0) is 4.79 Å². The lowest BCUT2D eigenvalue weighted by molar-refractivity contribution is -0.118. The number of carbonyl (C=O) groups is 2. The first-order valence-corrected chi connectivity index (χ1v) is 11.5. The molecule has 0 aliphatic heterocycles. The largest absolute Gasteiger partial charge is 0.496 e. The van der Waals surface area contributed by atoms with E-state index in [0.717, 1.165) is 11.1 Å². The van der Waals surface area contributed by atoms with E-state index in [9.17, 15) is 9.59 Å². The first-order chi connectivity index (χ1) is 16.3. The summed E-state index contributed by atoms with van der Waals surface area (Å²) in [5, 5.41) is 4.07. The van der Waals surface area contributed by atoms with Gasteiger partial charge in [0.1, 0.15) is 17.1 Å². The van der Waals surface area contributed by atoms with Crippen LogP contribution < -0.4 is 14.8 Å². The van der Waals surface area contributed by atoms with E-state index in [-0.39, 0.29) is 18.2 Å². The first kappa shape index (κ1) is 23.9. The number of anilines is 1. The average Bonchev–Trinajstić information content (AvgIpc) is 3.18. The molecule has 4 aromatic rings. The van der Waals surface area contributed by atoms with Crippen LogP contribution in [0.25, 0.3) is 11.0 Å². The number of methoxy groups -OCH3 is 1. The summed E-state index contributed by atoms with van der Waals surface area (Å²) in [7, 11) is 1.54. The molecule has 0 atom stereocenters. The van der Waals surface area contributed by atoms with Crippen molar-refractivity contribution in [1.29, 1.82) is 0 Å². The second-order valence-electron chi connectivity index (χ2n) is 7.69. The van der Waals surface area contributed by atoms with Crippen LogP contribution in [0.1, 0.15) is 27.2 Å². The van der Waals surface area contributed by atoms with Gasteiger partial charge < -0.3 is 19.2 Å². The van der Waals surface area contributed by atoms with Crippen molar-refractivity contribution < 1.29 is 23.5 Å². The van der Waals surface area contributed by atoms with E-state index < -0.39 is 5.91 Å². The Morgan fingerprint density at radius 2 is 1.76 bits per heavy atom. The van der Waals surface area contributed by atoms with Crippen molar-refractivity contribution in [2.75, 3.05) is 19.0 Å². The molecular weight excluding hydrogens is 522 g/mol. The van der Waals surface area contributed by atoms with Crippen LogP contribution in [0.5, 0.6) is 11.5 Å². The van der Waals surface area contributed by atoms with Gasteiger partial charge in [0.2, 0.25) is 5.78 Å². The molecule has 34 heavy (non-hydrogen) atoms. The van der Waals surface area contributed by atoms with E-state index >= 15 is 0 Å². The quantitative estimate of drug-likeness (QED) is 0.262. The summed E-state index contributed by atoms with van der Waals surface area (Å²) in [4.78, 5) is 26.1. The molecule has 0 saturated carbocycles. The number of halogens is 2. The van der Waals surface area contributed by atoms with Gasteiger partial charge in [0.15, 0.2) is 12.4 Å². The molecule has 1 amide bonds. The number of carbonyl (C=O) groups excluding carboxylic acids is 2. The molecule has 0 fully saturated rings. The zero-order valence-corrected chi connectivity index (χ0v) is 21.0. The molecule has 0 spiro atoms. The van der Waals surface area contributed by atoms with Gasteiger partial charge in [-0.1, -0.05) is 23.7 Å². The Morgan fingerprint density at radius 1 is 1.06 bits per heavy atom. The van der Waals surface area contributed by atoms with Crippen LogP contribution in [0, 0.1) is 13.8 Å². The van der Waals surface area contributed by atoms with Gasteiger partial charge in [0.05, 0.1) is 17.3 Å². The molecule has 0 unspecified atom stereocenters. The predicted molar refractivity (Wildman–Crippen MR) is 135 cm³/mol. The minimum Gasteiger partial charge on any atom is -0.496 e. The number of para-hydroxylation sites is 1. The van der Waals surface area contributed by atoms with Crippen molar-refractivity contribution in [3.63, 3.8) is 0 Å². The molecule has 1 aromatic heterocycles. The fourth-order valence-corrected chi connectivity index (χ4v) is 4.23. The Balaban J connectivity index is 1.61. The topological polar surface area (TPSA) is 77.8 Å². The molecule has 174 valence electrons. The third-order valence-corrected chi connectivity index (χ3v) is 6.48. The summed E-state index contributed by atoms with van der Waals surface area (Å²) in [6.45, 7) is 3.49. The minimum atomic E-state index is -0.429. The summed E-state index contributed by atoms with van der Waals surface area (Å²) in [5.74, 6) is 0.358. The van der Waals surface area contributed by atoms with Gasteiger partial charge in [-0.15, -0.1) is 0 Å². The molecule has 1 N–H and O–H groups in total. The van der Waals surface area contributed by atoms with Crippen molar-refractivity contribution in [3.05, 3.63) is 86.5 Å². The Kier molecular flexibility index (Phi) is 6.95. The highest BCUT2D eigenvalue weighted by Gasteiger charge is 2.24. The molecule has 0 aliphatic carbocycles. The monoisotopic (exact) mass is 541 g/mol. The highest BCUT2D eigenvalue weighted by atomic mass is 79.9. The number of ether oxygens (including phenoxy) is 2. The fourth-order valence-electron chi connectivity index (χ4n) is 3.58. The van der Waals surface area contributed by atoms with E-state index in [1.807, 2.05) is 19.9 Å². The highest BCUT2D eigenvalue weighted by Crippen LogP contribution is 2.34. The van der Waals surface area contributed by atoms with Crippen molar-refractivity contribution in [1.82, 2.24) is 0 Å². The molecule has 8 heteroatoms. The molecular formula is C26H21BrClNO5. The summed E-state index contributed by atoms with van der Waals surface area (Å²) in [5.41, 5.74) is 2.88. The van der Waals surface area contributed by atoms with Crippen LogP contribution in [0.4, 0.5) is 5.69 Å². The maximum Gasteiger partial charge on any atom is 0.262 e. The third-order valence-electron chi connectivity index (χ3n) is 5.26. The van der Waals surface area contributed by atoms with Gasteiger partial charge in [-0.3, -0.25) is 9.59 Å². The first-order valence-electron chi connectivity index (χ1n) is 10.4. The molecule has 0 bridgehead atoms. The van der Waals surface area contributed by atoms with Gasteiger partial charge in [0.25, 0.3) is 5.91 Å². The zero-order chi connectivity index (χ0) is 24.4. The zero-order valence-electron chi connectivity index (χ0n) is 18.7. The summed E-state index contributed by atoms with van der Waals surface area (Å²) >= 11 is 9.60. The number of amides is 1. The number of fused-ring (bicyclic) bond motifs is 1. The minimum absolute atomic E-state index is 0.0322. The number of hydrogen-bond acceptors (Lipinski definition) is 5. The van der Waals surface area contributed by atoms with E-state index in [2.05, 4.69) is 21.2 Å². The Morgan fingerprint density at radius 3 is 2.44 bits per heavy atom. The molecule has 6 nitrogen and oxygen atoms in total. The summed E-state index contributed by atoms with van der Waals surface area (Å²) in [6.07, 6.45) is 0. The van der Waals surface area contributed by atoms with E-state index in [1.54, 1.807) is 55.6 Å². The standard InChI is InChI=1S/C26H21BrClNO5/c1-14-10-17(11-15(2)23(14)28)33-13-22(30)29-24-18-6-4-5-7-20(18)34-26(24)25(31)16-8-9-21(32-3)19(27)12-16/h4-12H,13H2,1-3H3,(H,29,30). The number of benzene rings is 3. The smallest absolute Gasteiger partial charge is 0.262 e. The lowest BCUT2D eigenvalue weighted by Crippen LogP contribution is -2.21. The van der Waals surface area contributed by atoms with Crippen LogP contribution in [0.15, 0.2) is 63.5 Å². The number of nitrogens with one attached hydrogen (secondary N) is 1. The third kappa shape index (κ3) is 4.81. The van der Waals surface area contributed by atoms with Crippen molar-refractivity contribution in [3.8, 4) is 11.5 Å². The number of ketones is 1. The van der Waals surface area contributed by atoms with Gasteiger partial charge in [-0.05, 0) is 83.4 Å². The number of aryl methyl sites for hydroxylation is 2.